The minimum absolute atomic E-state index is 0.0344. The van der Waals surface area contributed by atoms with Crippen LogP contribution in [0.1, 0.15) is 106 Å². The molecule has 3 N–H and O–H groups in total. The van der Waals surface area contributed by atoms with Crippen molar-refractivity contribution in [3.63, 3.8) is 0 Å². The second-order valence-electron chi connectivity index (χ2n) is 15.7. The Labute approximate surface area is 230 Å². The number of hydrogen-bond donors (Lipinski definition) is 3. The third kappa shape index (κ3) is 3.76. The van der Waals surface area contributed by atoms with Crippen molar-refractivity contribution >= 4 is 5.97 Å². The smallest absolute Gasteiger partial charge is 0.337 e. The zero-order valence-corrected chi connectivity index (χ0v) is 24.9. The Morgan fingerprint density at radius 2 is 1.63 bits per heavy atom. The molecule has 0 saturated heterocycles. The van der Waals surface area contributed by atoms with Crippen LogP contribution in [0.3, 0.4) is 0 Å². The van der Waals surface area contributed by atoms with Crippen molar-refractivity contribution in [3.05, 3.63) is 12.2 Å². The van der Waals surface area contributed by atoms with Gasteiger partial charge in [-0.15, -0.1) is 0 Å². The third-order valence-corrected chi connectivity index (χ3v) is 14.2. The lowest BCUT2D eigenvalue weighted by atomic mass is 9.32. The molecule has 0 aromatic heterocycles. The van der Waals surface area contributed by atoms with Crippen LogP contribution in [0.15, 0.2) is 12.2 Å². The van der Waals surface area contributed by atoms with Gasteiger partial charge in [0.05, 0.1) is 19.3 Å². The summed E-state index contributed by atoms with van der Waals surface area (Å²) in [6, 6.07) is 0. The van der Waals surface area contributed by atoms with Gasteiger partial charge >= 0.3 is 5.97 Å². The Hall–Kier alpha value is -0.910. The molecule has 5 unspecified atom stereocenters. The van der Waals surface area contributed by atoms with E-state index in [1.54, 1.807) is 0 Å². The van der Waals surface area contributed by atoms with Crippen LogP contribution in [0.25, 0.3) is 0 Å². The second-order valence-corrected chi connectivity index (χ2v) is 15.7. The number of allylic oxidation sites excluding steroid dienone is 1. The largest absolute Gasteiger partial charge is 0.463 e. The number of carbonyl (C=O) groups excluding carboxylic acids is 1. The summed E-state index contributed by atoms with van der Waals surface area (Å²) in [5, 5.41) is 30.1. The van der Waals surface area contributed by atoms with Gasteiger partial charge in [0.2, 0.25) is 0 Å². The summed E-state index contributed by atoms with van der Waals surface area (Å²) in [6.07, 6.45) is 9.61. The van der Waals surface area contributed by atoms with Gasteiger partial charge in [-0.2, -0.15) is 0 Å². The average Bonchev–Trinajstić information content (AvgIpc) is 3.25. The van der Waals surface area contributed by atoms with Gasteiger partial charge in [-0.3, -0.25) is 0 Å². The van der Waals surface area contributed by atoms with Crippen LogP contribution in [-0.2, 0) is 9.53 Å². The van der Waals surface area contributed by atoms with Crippen LogP contribution in [0.2, 0.25) is 0 Å². The molecule has 0 spiro atoms. The van der Waals surface area contributed by atoms with Crippen molar-refractivity contribution in [2.75, 3.05) is 13.2 Å². The van der Waals surface area contributed by atoms with E-state index in [0.29, 0.717) is 36.2 Å². The lowest BCUT2D eigenvalue weighted by Gasteiger charge is -2.73. The lowest BCUT2D eigenvalue weighted by molar-refractivity contribution is -0.250. The number of rotatable bonds is 5. The molecule has 5 aliphatic carbocycles. The monoisotopic (exact) mass is 530 g/mol. The van der Waals surface area contributed by atoms with Gasteiger partial charge in [-0.1, -0.05) is 46.8 Å². The zero-order valence-electron chi connectivity index (χ0n) is 24.9. The molecule has 0 heterocycles. The molecule has 0 amide bonds. The number of aliphatic hydroxyl groups excluding tert-OH is 3. The first kappa shape index (κ1) is 28.6. The molecule has 5 heteroatoms. The molecule has 38 heavy (non-hydrogen) atoms. The quantitative estimate of drug-likeness (QED) is 0.304. The SMILES string of the molecule is C=C(C)[C@@H]1CC[C@]2(COC(=O)C(O)CO)CC[C@]3(C)C(CCC4[C@@]5(C)CC[C@H](O)C(C)(C)C5CC[C@]43C)C12. The first-order valence-corrected chi connectivity index (χ1v) is 15.5. The standard InChI is InChI=1S/C33H54O5/c1-20(2)21-10-15-33(19-38-28(37)23(35)18-34)17-16-31(6)22(27(21)33)8-9-25-30(5)13-12-26(36)29(3,4)24(30)11-14-32(25,31)7/h21-27,34-36H,1,8-19H2,2-7H3/t21-,22?,23?,24?,25?,26-,27?,30-,31+,32+,33+/m0/s1. The van der Waals surface area contributed by atoms with Crippen LogP contribution in [0.5, 0.6) is 0 Å². The Kier molecular flexibility index (Phi) is 7.01. The Morgan fingerprint density at radius 1 is 0.921 bits per heavy atom. The van der Waals surface area contributed by atoms with E-state index in [9.17, 15) is 20.1 Å². The highest BCUT2D eigenvalue weighted by atomic mass is 16.5. The zero-order chi connectivity index (χ0) is 27.9. The van der Waals surface area contributed by atoms with Gasteiger partial charge in [0.1, 0.15) is 0 Å². The molecule has 0 aliphatic heterocycles. The van der Waals surface area contributed by atoms with Gasteiger partial charge in [0.15, 0.2) is 6.10 Å². The van der Waals surface area contributed by atoms with Crippen LogP contribution in [0.4, 0.5) is 0 Å². The predicted octanol–water partition coefficient (Wildman–Crippen LogP) is 5.90. The molecule has 0 aromatic rings. The molecule has 0 radical (unpaired) electrons. The normalized spacial score (nSPS) is 50.1. The van der Waals surface area contributed by atoms with Gasteiger partial charge < -0.3 is 20.1 Å². The van der Waals surface area contributed by atoms with Crippen molar-refractivity contribution in [1.82, 2.24) is 0 Å². The van der Waals surface area contributed by atoms with Gasteiger partial charge in [0.25, 0.3) is 0 Å². The van der Waals surface area contributed by atoms with Crippen LogP contribution in [0, 0.1) is 56.7 Å². The fourth-order valence-electron chi connectivity index (χ4n) is 11.9. The van der Waals surface area contributed by atoms with Gasteiger partial charge in [0, 0.05) is 5.41 Å². The van der Waals surface area contributed by atoms with Gasteiger partial charge in [-0.25, -0.2) is 4.79 Å². The topological polar surface area (TPSA) is 87.0 Å². The van der Waals surface area contributed by atoms with E-state index in [1.807, 2.05) is 0 Å². The highest BCUT2D eigenvalue weighted by Crippen LogP contribution is 2.77. The summed E-state index contributed by atoms with van der Waals surface area (Å²) in [4.78, 5) is 12.4. The molecule has 5 rings (SSSR count). The molecular weight excluding hydrogens is 476 g/mol. The molecule has 5 nitrogen and oxygen atoms in total. The molecule has 0 aromatic carbocycles. The summed E-state index contributed by atoms with van der Waals surface area (Å²) >= 11 is 0. The molecule has 5 aliphatic rings. The molecule has 5 saturated carbocycles. The highest BCUT2D eigenvalue weighted by Gasteiger charge is 2.71. The first-order chi connectivity index (χ1) is 17.7. The Morgan fingerprint density at radius 3 is 2.29 bits per heavy atom. The number of aliphatic hydroxyl groups is 3. The summed E-state index contributed by atoms with van der Waals surface area (Å²) < 4.78 is 5.73. The van der Waals surface area contributed by atoms with Crippen molar-refractivity contribution < 1.29 is 24.9 Å². The maximum absolute atomic E-state index is 12.4. The van der Waals surface area contributed by atoms with Crippen LogP contribution in [-0.4, -0.2) is 46.7 Å². The summed E-state index contributed by atoms with van der Waals surface area (Å²) in [7, 11) is 0. The van der Waals surface area contributed by atoms with Crippen molar-refractivity contribution in [3.8, 4) is 0 Å². The number of ether oxygens (including phenoxy) is 1. The molecule has 216 valence electrons. The summed E-state index contributed by atoms with van der Waals surface area (Å²) in [6.45, 7) is 18.8. The minimum atomic E-state index is -1.46. The molecular formula is C33H54O5. The lowest BCUT2D eigenvalue weighted by Crippen LogP contribution is -2.66. The van der Waals surface area contributed by atoms with E-state index in [1.165, 1.54) is 31.3 Å². The predicted molar refractivity (Wildman–Crippen MR) is 149 cm³/mol. The van der Waals surface area contributed by atoms with Crippen molar-refractivity contribution in [2.24, 2.45) is 56.7 Å². The maximum atomic E-state index is 12.4. The van der Waals surface area contributed by atoms with Gasteiger partial charge in [-0.05, 0) is 122 Å². The van der Waals surface area contributed by atoms with E-state index < -0.39 is 18.7 Å². The number of esters is 1. The Bertz CT molecular complexity index is 959. The van der Waals surface area contributed by atoms with Crippen LogP contribution >= 0.6 is 0 Å². The fraction of sp³-hybridized carbons (Fsp3) is 0.909. The summed E-state index contributed by atoms with van der Waals surface area (Å²) in [5.41, 5.74) is 1.88. The summed E-state index contributed by atoms with van der Waals surface area (Å²) in [5.74, 6) is 1.97. The number of hydrogen-bond acceptors (Lipinski definition) is 5. The third-order valence-electron chi connectivity index (χ3n) is 14.2. The molecule has 5 fully saturated rings. The number of carbonyl (C=O) groups is 1. The second kappa shape index (κ2) is 9.31. The van der Waals surface area contributed by atoms with E-state index in [-0.39, 0.29) is 33.2 Å². The van der Waals surface area contributed by atoms with E-state index in [0.717, 1.165) is 38.5 Å². The average molecular weight is 531 g/mol. The fourth-order valence-corrected chi connectivity index (χ4v) is 11.9. The van der Waals surface area contributed by atoms with E-state index in [4.69, 9.17) is 4.74 Å². The minimum Gasteiger partial charge on any atom is -0.463 e. The van der Waals surface area contributed by atoms with Crippen LogP contribution < -0.4 is 0 Å². The maximum Gasteiger partial charge on any atom is 0.337 e. The van der Waals surface area contributed by atoms with Crippen molar-refractivity contribution in [2.45, 2.75) is 118 Å². The van der Waals surface area contributed by atoms with E-state index in [2.05, 4.69) is 48.1 Å². The number of fused-ring (bicyclic) bond motifs is 7. The highest BCUT2D eigenvalue weighted by molar-refractivity contribution is 5.74. The molecule has 0 bridgehead atoms. The molecule has 11 atom stereocenters. The van der Waals surface area contributed by atoms with E-state index >= 15 is 0 Å². The van der Waals surface area contributed by atoms with Crippen molar-refractivity contribution in [1.29, 1.82) is 0 Å². The Balaban J connectivity index is 1.48. The first-order valence-electron chi connectivity index (χ1n) is 15.5.